The lowest BCUT2D eigenvalue weighted by atomic mass is 9.95. The maximum atomic E-state index is 12.5. The van der Waals surface area contributed by atoms with E-state index in [1.54, 1.807) is 19.4 Å². The largest absolute Gasteiger partial charge is 0.481 e. The van der Waals surface area contributed by atoms with Crippen molar-refractivity contribution in [1.29, 1.82) is 0 Å². The van der Waals surface area contributed by atoms with Crippen LogP contribution >= 0.6 is 0 Å². The van der Waals surface area contributed by atoms with Gasteiger partial charge in [0.05, 0.1) is 20.3 Å². The number of methoxy groups -OCH3 is 1. The molecule has 2 aliphatic heterocycles. The second kappa shape index (κ2) is 6.91. The van der Waals surface area contributed by atoms with Crippen molar-refractivity contribution in [2.24, 2.45) is 5.92 Å². The number of amides is 1. The van der Waals surface area contributed by atoms with E-state index in [1.165, 1.54) is 0 Å². The van der Waals surface area contributed by atoms with E-state index in [0.29, 0.717) is 25.0 Å². The van der Waals surface area contributed by atoms with E-state index in [1.807, 2.05) is 4.90 Å². The third kappa shape index (κ3) is 3.30. The summed E-state index contributed by atoms with van der Waals surface area (Å²) in [5, 5.41) is 0. The Balaban J connectivity index is 1.56. The molecule has 7 heteroatoms. The monoisotopic (exact) mass is 306 g/mol. The summed E-state index contributed by atoms with van der Waals surface area (Å²) >= 11 is 0. The van der Waals surface area contributed by atoms with Crippen LogP contribution in [0, 0.1) is 5.92 Å². The molecule has 1 aromatic heterocycles. The number of aromatic nitrogens is 2. The van der Waals surface area contributed by atoms with Crippen molar-refractivity contribution in [3.63, 3.8) is 0 Å². The number of rotatable bonds is 3. The SMILES string of the molecule is COc1ccnc(N2CCC(C(=O)N3CCOCC3)CC2)n1. The third-order valence-corrected chi connectivity index (χ3v) is 4.28. The molecule has 0 aromatic carbocycles. The summed E-state index contributed by atoms with van der Waals surface area (Å²) in [5.41, 5.74) is 0. The molecule has 2 fully saturated rings. The van der Waals surface area contributed by atoms with Gasteiger partial charge in [-0.25, -0.2) is 4.98 Å². The molecule has 3 heterocycles. The molecule has 120 valence electrons. The summed E-state index contributed by atoms with van der Waals surface area (Å²) in [6, 6.07) is 1.73. The van der Waals surface area contributed by atoms with Crippen LogP contribution in [0.5, 0.6) is 5.88 Å². The molecule has 2 aliphatic rings. The summed E-state index contributed by atoms with van der Waals surface area (Å²) in [5.74, 6) is 1.63. The summed E-state index contributed by atoms with van der Waals surface area (Å²) in [6.07, 6.45) is 3.39. The van der Waals surface area contributed by atoms with Gasteiger partial charge in [0.15, 0.2) is 0 Å². The highest BCUT2D eigenvalue weighted by atomic mass is 16.5. The first-order valence-corrected chi connectivity index (χ1v) is 7.76. The van der Waals surface area contributed by atoms with Crippen LogP contribution in [0.1, 0.15) is 12.8 Å². The average molecular weight is 306 g/mol. The lowest BCUT2D eigenvalue weighted by Gasteiger charge is -2.35. The van der Waals surface area contributed by atoms with E-state index >= 15 is 0 Å². The van der Waals surface area contributed by atoms with Crippen LogP contribution in [0.4, 0.5) is 5.95 Å². The van der Waals surface area contributed by atoms with E-state index in [2.05, 4.69) is 14.9 Å². The fourth-order valence-electron chi connectivity index (χ4n) is 2.97. The molecule has 0 saturated carbocycles. The standard InChI is InChI=1S/C15H22N4O3/c1-21-13-2-5-16-15(17-13)19-6-3-12(4-7-19)14(20)18-8-10-22-11-9-18/h2,5,12H,3-4,6-11H2,1H3. The zero-order valence-corrected chi connectivity index (χ0v) is 12.9. The lowest BCUT2D eigenvalue weighted by Crippen LogP contribution is -2.47. The first kappa shape index (κ1) is 15.0. The maximum absolute atomic E-state index is 12.5. The Morgan fingerprint density at radius 3 is 2.68 bits per heavy atom. The van der Waals surface area contributed by atoms with Gasteiger partial charge >= 0.3 is 0 Å². The summed E-state index contributed by atoms with van der Waals surface area (Å²) in [4.78, 5) is 25.2. The van der Waals surface area contributed by atoms with Crippen molar-refractivity contribution in [2.75, 3.05) is 51.4 Å². The maximum Gasteiger partial charge on any atom is 0.228 e. The van der Waals surface area contributed by atoms with Gasteiger partial charge in [0.25, 0.3) is 0 Å². The molecule has 0 aliphatic carbocycles. The van der Waals surface area contributed by atoms with Gasteiger partial charge in [-0.1, -0.05) is 0 Å². The predicted molar refractivity (Wildman–Crippen MR) is 80.9 cm³/mol. The number of anilines is 1. The molecule has 1 amide bonds. The fourth-order valence-corrected chi connectivity index (χ4v) is 2.97. The Kier molecular flexibility index (Phi) is 4.72. The number of nitrogens with zero attached hydrogens (tertiary/aromatic N) is 4. The van der Waals surface area contributed by atoms with E-state index < -0.39 is 0 Å². The van der Waals surface area contributed by atoms with Crippen LogP contribution in [-0.4, -0.2) is 67.3 Å². The zero-order valence-electron chi connectivity index (χ0n) is 12.9. The molecule has 3 rings (SSSR count). The van der Waals surface area contributed by atoms with Crippen LogP contribution in [0.2, 0.25) is 0 Å². The minimum Gasteiger partial charge on any atom is -0.481 e. The number of ether oxygens (including phenoxy) is 2. The number of carbonyl (C=O) groups is 1. The van der Waals surface area contributed by atoms with Crippen molar-refractivity contribution < 1.29 is 14.3 Å². The second-order valence-electron chi connectivity index (χ2n) is 5.60. The number of carbonyl (C=O) groups excluding carboxylic acids is 1. The first-order chi connectivity index (χ1) is 10.8. The van der Waals surface area contributed by atoms with Crippen molar-refractivity contribution in [3.05, 3.63) is 12.3 Å². The molecule has 0 spiro atoms. The quantitative estimate of drug-likeness (QED) is 0.813. The molecule has 0 bridgehead atoms. The summed E-state index contributed by atoms with van der Waals surface area (Å²) in [7, 11) is 1.60. The number of hydrogen-bond donors (Lipinski definition) is 0. The minimum atomic E-state index is 0.111. The highest BCUT2D eigenvalue weighted by Gasteiger charge is 2.30. The van der Waals surface area contributed by atoms with Crippen LogP contribution in [0.25, 0.3) is 0 Å². The Hall–Kier alpha value is -1.89. The fraction of sp³-hybridized carbons (Fsp3) is 0.667. The van der Waals surface area contributed by atoms with Gasteiger partial charge in [0, 0.05) is 44.4 Å². The van der Waals surface area contributed by atoms with Gasteiger partial charge in [-0.3, -0.25) is 4.79 Å². The Morgan fingerprint density at radius 2 is 2.00 bits per heavy atom. The number of hydrogen-bond acceptors (Lipinski definition) is 6. The second-order valence-corrected chi connectivity index (χ2v) is 5.60. The first-order valence-electron chi connectivity index (χ1n) is 7.76. The van der Waals surface area contributed by atoms with Crippen LogP contribution in [0.15, 0.2) is 12.3 Å². The molecule has 2 saturated heterocycles. The normalized spacial score (nSPS) is 20.0. The molecule has 7 nitrogen and oxygen atoms in total. The minimum absolute atomic E-state index is 0.111. The third-order valence-electron chi connectivity index (χ3n) is 4.28. The molecule has 0 N–H and O–H groups in total. The summed E-state index contributed by atoms with van der Waals surface area (Å²) in [6.45, 7) is 4.35. The van der Waals surface area contributed by atoms with Crippen LogP contribution < -0.4 is 9.64 Å². The molecular formula is C15H22N4O3. The Morgan fingerprint density at radius 1 is 1.27 bits per heavy atom. The highest BCUT2D eigenvalue weighted by Crippen LogP contribution is 2.23. The Labute approximate surface area is 130 Å². The predicted octanol–water partition coefficient (Wildman–Crippen LogP) is 0.560. The molecule has 1 aromatic rings. The zero-order chi connectivity index (χ0) is 15.4. The number of morpholine rings is 1. The van der Waals surface area contributed by atoms with Gasteiger partial charge in [-0.05, 0) is 12.8 Å². The number of piperidine rings is 1. The van der Waals surface area contributed by atoms with Gasteiger partial charge in [0.1, 0.15) is 0 Å². The van der Waals surface area contributed by atoms with Crippen molar-refractivity contribution >= 4 is 11.9 Å². The topological polar surface area (TPSA) is 67.8 Å². The van der Waals surface area contributed by atoms with E-state index in [4.69, 9.17) is 9.47 Å². The van der Waals surface area contributed by atoms with E-state index in [0.717, 1.165) is 39.0 Å². The van der Waals surface area contributed by atoms with Crippen LogP contribution in [0.3, 0.4) is 0 Å². The van der Waals surface area contributed by atoms with Gasteiger partial charge in [-0.15, -0.1) is 0 Å². The van der Waals surface area contributed by atoms with Crippen molar-refractivity contribution in [2.45, 2.75) is 12.8 Å². The van der Waals surface area contributed by atoms with E-state index in [-0.39, 0.29) is 11.8 Å². The van der Waals surface area contributed by atoms with Crippen molar-refractivity contribution in [3.8, 4) is 5.88 Å². The van der Waals surface area contributed by atoms with Crippen LogP contribution in [-0.2, 0) is 9.53 Å². The smallest absolute Gasteiger partial charge is 0.228 e. The van der Waals surface area contributed by atoms with Crippen molar-refractivity contribution in [1.82, 2.24) is 14.9 Å². The lowest BCUT2D eigenvalue weighted by molar-refractivity contribution is -0.140. The molecule has 0 radical (unpaired) electrons. The Bertz CT molecular complexity index is 511. The van der Waals surface area contributed by atoms with Gasteiger partial charge in [-0.2, -0.15) is 4.98 Å². The molecule has 0 atom stereocenters. The average Bonchev–Trinajstić information content (AvgIpc) is 2.62. The van der Waals surface area contributed by atoms with Gasteiger partial charge in [0.2, 0.25) is 17.7 Å². The summed E-state index contributed by atoms with van der Waals surface area (Å²) < 4.78 is 10.4. The van der Waals surface area contributed by atoms with E-state index in [9.17, 15) is 4.79 Å². The highest BCUT2D eigenvalue weighted by molar-refractivity contribution is 5.79. The van der Waals surface area contributed by atoms with Gasteiger partial charge < -0.3 is 19.3 Å². The molecule has 22 heavy (non-hydrogen) atoms. The molecule has 0 unspecified atom stereocenters. The molecular weight excluding hydrogens is 284 g/mol.